The van der Waals surface area contributed by atoms with E-state index in [4.69, 9.17) is 10.00 Å². The van der Waals surface area contributed by atoms with E-state index in [9.17, 15) is 5.11 Å². The summed E-state index contributed by atoms with van der Waals surface area (Å²) in [6.45, 7) is 4.00. The lowest BCUT2D eigenvalue weighted by Crippen LogP contribution is -1.92. The summed E-state index contributed by atoms with van der Waals surface area (Å²) in [5, 5.41) is 23.2. The Bertz CT molecular complexity index is 567. The molecule has 1 N–H and O–H groups in total. The Morgan fingerprint density at radius 1 is 1.41 bits per heavy atom. The number of hydrogen-bond donors (Lipinski definition) is 1. The van der Waals surface area contributed by atoms with Gasteiger partial charge in [-0.2, -0.15) is 10.4 Å². The molecule has 0 bridgehead atoms. The number of benzene rings is 1. The standard InChI is InChI=1S/C10H9N3O2.C2H6/c1-13-7(5-11)6-3-4-8(14)10(15-2)9(6)12-13;1-2/h3-4,14H,1-2H3;1-2H3. The monoisotopic (exact) mass is 233 g/mol. The van der Waals surface area contributed by atoms with Gasteiger partial charge in [-0.3, -0.25) is 4.68 Å². The number of nitrogens with zero attached hydrogens (tertiary/aromatic N) is 3. The Morgan fingerprint density at radius 3 is 2.59 bits per heavy atom. The Kier molecular flexibility index (Phi) is 3.94. The SMILES string of the molecule is CC.COc1c(O)ccc2c(C#N)n(C)nc12. The number of hydrogen-bond acceptors (Lipinski definition) is 4. The molecule has 0 amide bonds. The number of aromatic nitrogens is 2. The highest BCUT2D eigenvalue weighted by atomic mass is 16.5. The zero-order valence-corrected chi connectivity index (χ0v) is 10.4. The molecule has 0 atom stereocenters. The molecular formula is C12H15N3O2. The second-order valence-corrected chi connectivity index (χ2v) is 3.10. The van der Waals surface area contributed by atoms with Crippen LogP contribution in [0.15, 0.2) is 12.1 Å². The second-order valence-electron chi connectivity index (χ2n) is 3.10. The van der Waals surface area contributed by atoms with Crippen LogP contribution in [0.3, 0.4) is 0 Å². The van der Waals surface area contributed by atoms with Crippen molar-refractivity contribution >= 4 is 10.9 Å². The third-order valence-electron chi connectivity index (χ3n) is 2.25. The summed E-state index contributed by atoms with van der Waals surface area (Å²) in [6.07, 6.45) is 0. The summed E-state index contributed by atoms with van der Waals surface area (Å²) in [6, 6.07) is 5.19. The lowest BCUT2D eigenvalue weighted by atomic mass is 10.2. The van der Waals surface area contributed by atoms with Gasteiger partial charge in [0, 0.05) is 12.4 Å². The van der Waals surface area contributed by atoms with Gasteiger partial charge in [-0.1, -0.05) is 13.8 Å². The third kappa shape index (κ3) is 2.02. The van der Waals surface area contributed by atoms with Crippen molar-refractivity contribution in [3.8, 4) is 17.6 Å². The maximum atomic E-state index is 9.52. The fraction of sp³-hybridized carbons (Fsp3) is 0.333. The molecule has 2 aromatic rings. The highest BCUT2D eigenvalue weighted by molar-refractivity contribution is 5.90. The Balaban J connectivity index is 0.000000686. The minimum atomic E-state index is 0.0209. The van der Waals surface area contributed by atoms with Crippen LogP contribution in [0.2, 0.25) is 0 Å². The largest absolute Gasteiger partial charge is 0.504 e. The van der Waals surface area contributed by atoms with Gasteiger partial charge in [0.2, 0.25) is 0 Å². The zero-order chi connectivity index (χ0) is 13.0. The van der Waals surface area contributed by atoms with Gasteiger partial charge in [0.15, 0.2) is 11.5 Å². The van der Waals surface area contributed by atoms with Crippen LogP contribution < -0.4 is 4.74 Å². The molecule has 0 unspecified atom stereocenters. The molecule has 0 aliphatic heterocycles. The molecule has 90 valence electrons. The number of ether oxygens (including phenoxy) is 1. The Hall–Kier alpha value is -2.22. The minimum absolute atomic E-state index is 0.0209. The van der Waals surface area contributed by atoms with Gasteiger partial charge in [-0.05, 0) is 12.1 Å². The molecule has 5 nitrogen and oxygen atoms in total. The molecule has 0 aliphatic carbocycles. The molecule has 5 heteroatoms. The third-order valence-corrected chi connectivity index (χ3v) is 2.25. The molecule has 2 rings (SSSR count). The van der Waals surface area contributed by atoms with E-state index in [2.05, 4.69) is 11.2 Å². The molecule has 0 fully saturated rings. The van der Waals surface area contributed by atoms with E-state index in [1.165, 1.54) is 17.9 Å². The van der Waals surface area contributed by atoms with Gasteiger partial charge in [-0.25, -0.2) is 0 Å². The summed E-state index contributed by atoms with van der Waals surface area (Å²) >= 11 is 0. The van der Waals surface area contributed by atoms with Crippen molar-refractivity contribution < 1.29 is 9.84 Å². The number of nitriles is 1. The molecule has 0 saturated carbocycles. The Morgan fingerprint density at radius 2 is 2.06 bits per heavy atom. The first-order chi connectivity index (χ1) is 8.19. The molecule has 1 aromatic carbocycles. The van der Waals surface area contributed by atoms with Crippen molar-refractivity contribution in [2.24, 2.45) is 7.05 Å². The molecule has 0 aliphatic rings. The average Bonchev–Trinajstić information content (AvgIpc) is 2.67. The van der Waals surface area contributed by atoms with Crippen LogP contribution in [-0.2, 0) is 7.05 Å². The van der Waals surface area contributed by atoms with Crippen LogP contribution in [0.4, 0.5) is 0 Å². The summed E-state index contributed by atoms with van der Waals surface area (Å²) in [5.41, 5.74) is 0.944. The van der Waals surface area contributed by atoms with Crippen LogP contribution in [0.5, 0.6) is 11.5 Å². The van der Waals surface area contributed by atoms with Crippen molar-refractivity contribution in [1.82, 2.24) is 9.78 Å². The van der Waals surface area contributed by atoms with E-state index in [0.29, 0.717) is 22.3 Å². The molecule has 1 aromatic heterocycles. The highest BCUT2D eigenvalue weighted by Gasteiger charge is 2.15. The van der Waals surface area contributed by atoms with E-state index >= 15 is 0 Å². The molecule has 0 saturated heterocycles. The molecule has 0 spiro atoms. The number of methoxy groups -OCH3 is 1. The summed E-state index contributed by atoms with van der Waals surface area (Å²) < 4.78 is 6.50. The van der Waals surface area contributed by atoms with Crippen LogP contribution in [0.25, 0.3) is 10.9 Å². The number of fused-ring (bicyclic) bond motifs is 1. The maximum Gasteiger partial charge on any atom is 0.188 e. The molecule has 0 radical (unpaired) electrons. The van der Waals surface area contributed by atoms with Crippen LogP contribution in [-0.4, -0.2) is 22.0 Å². The first kappa shape index (κ1) is 12.8. The van der Waals surface area contributed by atoms with Crippen molar-refractivity contribution in [1.29, 1.82) is 5.26 Å². The number of phenolic OH excluding ortho intramolecular Hbond substituents is 1. The average molecular weight is 233 g/mol. The lowest BCUT2D eigenvalue weighted by Gasteiger charge is -2.02. The van der Waals surface area contributed by atoms with E-state index in [0.717, 1.165) is 0 Å². The van der Waals surface area contributed by atoms with Crippen molar-refractivity contribution in [3.05, 3.63) is 17.8 Å². The first-order valence-corrected chi connectivity index (χ1v) is 5.31. The first-order valence-electron chi connectivity index (χ1n) is 5.31. The van der Waals surface area contributed by atoms with Gasteiger partial charge in [0.25, 0.3) is 0 Å². The summed E-state index contributed by atoms with van der Waals surface area (Å²) in [5.74, 6) is 0.317. The minimum Gasteiger partial charge on any atom is -0.504 e. The fourth-order valence-electron chi connectivity index (χ4n) is 1.56. The van der Waals surface area contributed by atoms with Crippen molar-refractivity contribution in [2.45, 2.75) is 13.8 Å². The van der Waals surface area contributed by atoms with E-state index in [1.807, 2.05) is 13.8 Å². The number of aryl methyl sites for hydroxylation is 1. The van der Waals surface area contributed by atoms with Gasteiger partial charge in [0.1, 0.15) is 17.3 Å². The number of aromatic hydroxyl groups is 1. The zero-order valence-electron chi connectivity index (χ0n) is 10.4. The van der Waals surface area contributed by atoms with Crippen LogP contribution in [0.1, 0.15) is 19.5 Å². The van der Waals surface area contributed by atoms with Gasteiger partial charge >= 0.3 is 0 Å². The molecule has 1 heterocycles. The van der Waals surface area contributed by atoms with E-state index in [-0.39, 0.29) is 5.75 Å². The van der Waals surface area contributed by atoms with Gasteiger partial charge in [-0.15, -0.1) is 0 Å². The topological polar surface area (TPSA) is 71.1 Å². The maximum absolute atomic E-state index is 9.52. The van der Waals surface area contributed by atoms with E-state index in [1.54, 1.807) is 13.1 Å². The smallest absolute Gasteiger partial charge is 0.188 e. The van der Waals surface area contributed by atoms with Gasteiger partial charge < -0.3 is 9.84 Å². The van der Waals surface area contributed by atoms with Crippen molar-refractivity contribution in [2.75, 3.05) is 7.11 Å². The van der Waals surface area contributed by atoms with Crippen molar-refractivity contribution in [3.63, 3.8) is 0 Å². The molecule has 17 heavy (non-hydrogen) atoms. The van der Waals surface area contributed by atoms with Crippen LogP contribution >= 0.6 is 0 Å². The highest BCUT2D eigenvalue weighted by Crippen LogP contribution is 2.34. The second kappa shape index (κ2) is 5.21. The molecular weight excluding hydrogens is 218 g/mol. The van der Waals surface area contributed by atoms with Crippen LogP contribution in [0, 0.1) is 11.3 Å². The number of rotatable bonds is 1. The summed E-state index contributed by atoms with van der Waals surface area (Å²) in [4.78, 5) is 0. The number of phenols is 1. The normalized spacial score (nSPS) is 9.35. The lowest BCUT2D eigenvalue weighted by molar-refractivity contribution is 0.377. The fourth-order valence-corrected chi connectivity index (χ4v) is 1.56. The summed E-state index contributed by atoms with van der Waals surface area (Å²) in [7, 11) is 3.13. The predicted molar refractivity (Wildman–Crippen MR) is 65.0 cm³/mol. The quantitative estimate of drug-likeness (QED) is 0.819. The predicted octanol–water partition coefficient (Wildman–Crippen LogP) is 2.19. The Labute approximate surface area is 99.9 Å². The van der Waals surface area contributed by atoms with Gasteiger partial charge in [0.05, 0.1) is 7.11 Å². The van der Waals surface area contributed by atoms with E-state index < -0.39 is 0 Å².